The Hall–Kier alpha value is -1.67. The number of likely N-dealkylation sites (N-methyl/N-ethyl adjacent to an activating group) is 1. The molecule has 0 spiro atoms. The standard InChI is InChI=1S/C12H16FN3O3S/c1-7-5-8(13)11(6-9(7)14)20(18,19)15-10-3-4-16(2)12(10)17/h5-6,10,15H,3-4,14H2,1-2H3. The molecule has 1 aliphatic rings. The van der Waals surface area contributed by atoms with Gasteiger partial charge in [-0.05, 0) is 31.0 Å². The zero-order chi connectivity index (χ0) is 15.1. The minimum Gasteiger partial charge on any atom is -0.398 e. The summed E-state index contributed by atoms with van der Waals surface area (Å²) in [4.78, 5) is 12.6. The quantitative estimate of drug-likeness (QED) is 0.781. The summed E-state index contributed by atoms with van der Waals surface area (Å²) in [5, 5.41) is 0. The van der Waals surface area contributed by atoms with Crippen molar-refractivity contribution in [3.8, 4) is 0 Å². The molecule has 0 aromatic heterocycles. The molecule has 1 aliphatic heterocycles. The minimum absolute atomic E-state index is 0.182. The molecule has 1 fully saturated rings. The van der Waals surface area contributed by atoms with Crippen molar-refractivity contribution >= 4 is 21.6 Å². The molecule has 1 aromatic rings. The summed E-state index contributed by atoms with van der Waals surface area (Å²) in [5.74, 6) is -1.21. The molecule has 6 nitrogen and oxygen atoms in total. The van der Waals surface area contributed by atoms with Crippen LogP contribution < -0.4 is 10.5 Å². The lowest BCUT2D eigenvalue weighted by Gasteiger charge is -2.14. The van der Waals surface area contributed by atoms with Crippen LogP contribution in [-0.2, 0) is 14.8 Å². The summed E-state index contributed by atoms with van der Waals surface area (Å²) >= 11 is 0. The summed E-state index contributed by atoms with van der Waals surface area (Å²) < 4.78 is 40.3. The summed E-state index contributed by atoms with van der Waals surface area (Å²) in [6.07, 6.45) is 0.359. The number of anilines is 1. The van der Waals surface area contributed by atoms with E-state index in [0.29, 0.717) is 18.5 Å². The van der Waals surface area contributed by atoms with Gasteiger partial charge in [0, 0.05) is 19.3 Å². The van der Waals surface area contributed by atoms with Gasteiger partial charge in [0.2, 0.25) is 15.9 Å². The van der Waals surface area contributed by atoms with Crippen molar-refractivity contribution in [1.82, 2.24) is 9.62 Å². The summed E-state index contributed by atoms with van der Waals surface area (Å²) in [7, 11) is -2.54. The topological polar surface area (TPSA) is 92.5 Å². The highest BCUT2D eigenvalue weighted by Crippen LogP contribution is 2.22. The van der Waals surface area contributed by atoms with Gasteiger partial charge in [-0.1, -0.05) is 0 Å². The first-order valence-corrected chi connectivity index (χ1v) is 7.53. The average Bonchev–Trinajstić information content (AvgIpc) is 2.65. The van der Waals surface area contributed by atoms with E-state index in [1.165, 1.54) is 4.90 Å². The predicted molar refractivity (Wildman–Crippen MR) is 71.9 cm³/mol. The molecular weight excluding hydrogens is 285 g/mol. The Morgan fingerprint density at radius 1 is 1.45 bits per heavy atom. The SMILES string of the molecule is Cc1cc(F)c(S(=O)(=O)NC2CCN(C)C2=O)cc1N. The molecule has 0 bridgehead atoms. The van der Waals surface area contributed by atoms with Crippen LogP contribution in [0.3, 0.4) is 0 Å². The molecule has 0 radical (unpaired) electrons. The van der Waals surface area contributed by atoms with Gasteiger partial charge in [0.05, 0.1) is 0 Å². The van der Waals surface area contributed by atoms with Gasteiger partial charge in [-0.25, -0.2) is 12.8 Å². The second-order valence-electron chi connectivity index (χ2n) is 4.86. The molecule has 1 saturated heterocycles. The van der Waals surface area contributed by atoms with Crippen LogP contribution in [-0.4, -0.2) is 38.9 Å². The third-order valence-corrected chi connectivity index (χ3v) is 4.82. The number of amides is 1. The molecule has 1 amide bonds. The molecule has 1 unspecified atom stereocenters. The number of nitrogen functional groups attached to an aromatic ring is 1. The Balaban J connectivity index is 2.32. The van der Waals surface area contributed by atoms with Crippen molar-refractivity contribution in [1.29, 1.82) is 0 Å². The lowest BCUT2D eigenvalue weighted by molar-refractivity contribution is -0.127. The molecule has 110 valence electrons. The monoisotopic (exact) mass is 301 g/mol. The van der Waals surface area contributed by atoms with E-state index < -0.39 is 26.8 Å². The Labute approximate surface area is 116 Å². The van der Waals surface area contributed by atoms with Crippen LogP contribution in [0.1, 0.15) is 12.0 Å². The van der Waals surface area contributed by atoms with Gasteiger partial charge in [-0.2, -0.15) is 4.72 Å². The van der Waals surface area contributed by atoms with Crippen LogP contribution in [0.15, 0.2) is 17.0 Å². The van der Waals surface area contributed by atoms with Crippen molar-refractivity contribution in [2.45, 2.75) is 24.3 Å². The molecule has 1 heterocycles. The Bertz CT molecular complexity index is 660. The molecular formula is C12H16FN3O3S. The highest BCUT2D eigenvalue weighted by Gasteiger charge is 2.34. The smallest absolute Gasteiger partial charge is 0.244 e. The van der Waals surface area contributed by atoms with E-state index in [0.717, 1.165) is 12.1 Å². The molecule has 2 rings (SSSR count). The number of nitrogens with one attached hydrogen (secondary N) is 1. The first-order valence-electron chi connectivity index (χ1n) is 6.05. The zero-order valence-corrected chi connectivity index (χ0v) is 12.0. The first-order chi connectivity index (χ1) is 9.22. The fraction of sp³-hybridized carbons (Fsp3) is 0.417. The molecule has 1 atom stereocenters. The Morgan fingerprint density at radius 2 is 2.10 bits per heavy atom. The fourth-order valence-corrected chi connectivity index (χ4v) is 3.38. The number of carbonyl (C=O) groups excluding carboxylic acids is 1. The maximum atomic E-state index is 13.8. The molecule has 0 aliphatic carbocycles. The minimum atomic E-state index is -4.12. The molecule has 20 heavy (non-hydrogen) atoms. The van der Waals surface area contributed by atoms with Crippen molar-refractivity contribution in [3.05, 3.63) is 23.5 Å². The van der Waals surface area contributed by atoms with Crippen LogP contribution in [0, 0.1) is 12.7 Å². The molecule has 8 heteroatoms. The van der Waals surface area contributed by atoms with E-state index >= 15 is 0 Å². The summed E-state index contributed by atoms with van der Waals surface area (Å²) in [6.45, 7) is 2.04. The maximum Gasteiger partial charge on any atom is 0.244 e. The van der Waals surface area contributed by atoms with Gasteiger partial charge in [0.15, 0.2) is 0 Å². The number of benzene rings is 1. The lowest BCUT2D eigenvalue weighted by Crippen LogP contribution is -2.40. The maximum absolute atomic E-state index is 13.8. The van der Waals surface area contributed by atoms with E-state index in [1.54, 1.807) is 14.0 Å². The van der Waals surface area contributed by atoms with E-state index in [4.69, 9.17) is 5.73 Å². The van der Waals surface area contributed by atoms with Crippen LogP contribution in [0.4, 0.5) is 10.1 Å². The fourth-order valence-electron chi connectivity index (χ4n) is 2.06. The number of rotatable bonds is 3. The van der Waals surface area contributed by atoms with Crippen LogP contribution in [0.2, 0.25) is 0 Å². The Kier molecular flexibility index (Phi) is 3.70. The Morgan fingerprint density at radius 3 is 2.65 bits per heavy atom. The van der Waals surface area contributed by atoms with Crippen molar-refractivity contribution in [2.75, 3.05) is 19.3 Å². The highest BCUT2D eigenvalue weighted by atomic mass is 32.2. The average molecular weight is 301 g/mol. The lowest BCUT2D eigenvalue weighted by atomic mass is 10.2. The van der Waals surface area contributed by atoms with E-state index in [9.17, 15) is 17.6 Å². The third kappa shape index (κ3) is 2.61. The molecule has 3 N–H and O–H groups in total. The highest BCUT2D eigenvalue weighted by molar-refractivity contribution is 7.89. The normalized spacial score (nSPS) is 19.6. The molecule has 0 saturated carbocycles. The van der Waals surface area contributed by atoms with Gasteiger partial charge in [0.1, 0.15) is 16.8 Å². The van der Waals surface area contributed by atoms with Crippen molar-refractivity contribution in [2.24, 2.45) is 0 Å². The number of likely N-dealkylation sites (tertiary alicyclic amines) is 1. The van der Waals surface area contributed by atoms with Gasteiger partial charge in [0.25, 0.3) is 0 Å². The van der Waals surface area contributed by atoms with E-state index in [-0.39, 0.29) is 11.6 Å². The number of sulfonamides is 1. The largest absolute Gasteiger partial charge is 0.398 e. The molecule has 1 aromatic carbocycles. The van der Waals surface area contributed by atoms with Crippen molar-refractivity contribution in [3.63, 3.8) is 0 Å². The van der Waals surface area contributed by atoms with Gasteiger partial charge in [-0.15, -0.1) is 0 Å². The second kappa shape index (κ2) is 5.02. The van der Waals surface area contributed by atoms with Crippen LogP contribution >= 0.6 is 0 Å². The zero-order valence-electron chi connectivity index (χ0n) is 11.2. The van der Waals surface area contributed by atoms with Crippen LogP contribution in [0.5, 0.6) is 0 Å². The third-order valence-electron chi connectivity index (χ3n) is 3.33. The number of hydrogen-bond donors (Lipinski definition) is 2. The second-order valence-corrected chi connectivity index (χ2v) is 6.54. The summed E-state index contributed by atoms with van der Waals surface area (Å²) in [5.41, 5.74) is 6.25. The van der Waals surface area contributed by atoms with Gasteiger partial charge < -0.3 is 10.6 Å². The first kappa shape index (κ1) is 14.7. The van der Waals surface area contributed by atoms with Crippen LogP contribution in [0.25, 0.3) is 0 Å². The number of carbonyl (C=O) groups is 1. The number of nitrogens with two attached hydrogens (primary N) is 1. The van der Waals surface area contributed by atoms with Gasteiger partial charge in [-0.3, -0.25) is 4.79 Å². The van der Waals surface area contributed by atoms with E-state index in [2.05, 4.69) is 4.72 Å². The number of hydrogen-bond acceptors (Lipinski definition) is 4. The number of halogens is 1. The van der Waals surface area contributed by atoms with E-state index in [1.807, 2.05) is 0 Å². The predicted octanol–water partition coefficient (Wildman–Crippen LogP) is 0.225. The van der Waals surface area contributed by atoms with Gasteiger partial charge >= 0.3 is 0 Å². The number of nitrogens with zero attached hydrogens (tertiary/aromatic N) is 1. The summed E-state index contributed by atoms with van der Waals surface area (Å²) in [6, 6.07) is 1.27. The van der Waals surface area contributed by atoms with Crippen molar-refractivity contribution < 1.29 is 17.6 Å². The number of aryl methyl sites for hydroxylation is 1.